The molecule has 2 radical (unpaired) electrons. The minimum atomic E-state index is 0.173. The third-order valence-electron chi connectivity index (χ3n) is 17.1. The molecule has 0 saturated carbocycles. The summed E-state index contributed by atoms with van der Waals surface area (Å²) in [7, 11) is 5.72. The van der Waals surface area contributed by atoms with Crippen LogP contribution in [0.3, 0.4) is 0 Å². The van der Waals surface area contributed by atoms with E-state index in [9.17, 15) is 0 Å². The van der Waals surface area contributed by atoms with Crippen LogP contribution in [0.25, 0.3) is 0 Å². The first-order chi connectivity index (χ1) is 27.2. The predicted octanol–water partition coefficient (Wildman–Crippen LogP) is 15.0. The van der Waals surface area contributed by atoms with Gasteiger partial charge in [0.15, 0.2) is 0 Å². The first-order valence-corrected chi connectivity index (χ1v) is 25.4. The first-order valence-electron chi connectivity index (χ1n) is 25.4. The van der Waals surface area contributed by atoms with Crippen LogP contribution < -0.4 is 10.9 Å². The SMILES string of the molecule is CCCC1(CCC)CC(C)(C)c2cc3c(c([B][B]c4c5c(cc6c4C(CCC)(CCC)CC6(C)C)C(C)(C)CC5(CCC)CCC)c21)C(CCC)(CCC)CC3(C)C. The van der Waals surface area contributed by atoms with Crippen molar-refractivity contribution in [2.45, 2.75) is 283 Å². The van der Waals surface area contributed by atoms with Gasteiger partial charge in [-0.3, -0.25) is 0 Å². The molecule has 0 heterocycles. The fraction of sp³-hybridized carbons (Fsp3) is 0.786. The molecule has 0 spiro atoms. The molecular weight excluding hydrogens is 694 g/mol. The maximum Gasteiger partial charge on any atom is 0.114 e. The molecule has 2 aromatic carbocycles. The summed E-state index contributed by atoms with van der Waals surface area (Å²) in [5.74, 6) is 0. The molecule has 0 N–H and O–H groups in total. The van der Waals surface area contributed by atoms with Gasteiger partial charge in [-0.2, -0.15) is 0 Å². The largest absolute Gasteiger partial charge is 0.114 e. The molecule has 0 unspecified atom stereocenters. The van der Waals surface area contributed by atoms with Crippen molar-refractivity contribution in [2.75, 3.05) is 0 Å². The van der Waals surface area contributed by atoms with E-state index < -0.39 is 0 Å². The summed E-state index contributed by atoms with van der Waals surface area (Å²) in [6.07, 6.45) is 25.7. The Labute approximate surface area is 362 Å². The molecule has 2 heteroatoms. The molecule has 4 aliphatic carbocycles. The Morgan fingerprint density at radius 1 is 0.328 bits per heavy atom. The van der Waals surface area contributed by atoms with Crippen molar-refractivity contribution in [1.82, 2.24) is 0 Å². The first kappa shape index (κ1) is 46.1. The summed E-state index contributed by atoms with van der Waals surface area (Å²) in [6.45, 7) is 40.6. The molecule has 0 atom stereocenters. The van der Waals surface area contributed by atoms with Crippen LogP contribution in [-0.2, 0) is 43.3 Å². The van der Waals surface area contributed by atoms with Crippen LogP contribution in [0.2, 0.25) is 0 Å². The monoisotopic (exact) mass is 785 g/mol. The zero-order valence-corrected chi connectivity index (χ0v) is 41.5. The zero-order chi connectivity index (χ0) is 42.7. The van der Waals surface area contributed by atoms with Crippen molar-refractivity contribution in [2.24, 2.45) is 0 Å². The van der Waals surface area contributed by atoms with Crippen molar-refractivity contribution in [3.8, 4) is 0 Å². The summed E-state index contributed by atoms with van der Waals surface area (Å²) in [4.78, 5) is 0. The molecule has 0 bridgehead atoms. The van der Waals surface area contributed by atoms with Crippen molar-refractivity contribution in [1.29, 1.82) is 0 Å². The second-order valence-corrected chi connectivity index (χ2v) is 24.0. The third-order valence-corrected chi connectivity index (χ3v) is 17.1. The topological polar surface area (TPSA) is 0 Å². The van der Waals surface area contributed by atoms with E-state index in [2.05, 4.69) is 137 Å². The van der Waals surface area contributed by atoms with Crippen LogP contribution in [0.4, 0.5) is 0 Å². The Morgan fingerprint density at radius 2 is 0.500 bits per heavy atom. The van der Waals surface area contributed by atoms with E-state index in [0.717, 1.165) is 0 Å². The van der Waals surface area contributed by atoms with Gasteiger partial charge in [-0.05, 0) is 165 Å². The van der Waals surface area contributed by atoms with Gasteiger partial charge in [-0.1, -0.05) is 185 Å². The molecule has 0 aliphatic heterocycles. The lowest BCUT2D eigenvalue weighted by atomic mass is 9.30. The lowest BCUT2D eigenvalue weighted by Gasteiger charge is -2.39. The van der Waals surface area contributed by atoms with Gasteiger partial charge in [-0.15, -0.1) is 0 Å². The second-order valence-electron chi connectivity index (χ2n) is 24.0. The molecule has 0 aromatic heterocycles. The van der Waals surface area contributed by atoms with Crippen molar-refractivity contribution in [3.05, 3.63) is 56.6 Å². The molecule has 0 saturated heterocycles. The average molecular weight is 785 g/mol. The fourth-order valence-electron chi connectivity index (χ4n) is 16.5. The molecule has 0 amide bonds. The number of hydrogen-bond donors (Lipinski definition) is 0. The molecule has 0 fully saturated rings. The molecule has 2 aromatic rings. The lowest BCUT2D eigenvalue weighted by Crippen LogP contribution is -2.46. The summed E-state index contributed by atoms with van der Waals surface area (Å²) in [5.41, 5.74) is 19.0. The smallest absolute Gasteiger partial charge is 0.0887 e. The summed E-state index contributed by atoms with van der Waals surface area (Å²) in [6, 6.07) is 5.65. The molecule has 6 rings (SSSR count). The summed E-state index contributed by atoms with van der Waals surface area (Å²) >= 11 is 0. The quantitative estimate of drug-likeness (QED) is 0.125. The van der Waals surface area contributed by atoms with Crippen molar-refractivity contribution < 1.29 is 0 Å². The highest BCUT2D eigenvalue weighted by Crippen LogP contribution is 2.62. The van der Waals surface area contributed by atoms with Gasteiger partial charge in [0.1, 0.15) is 14.3 Å². The van der Waals surface area contributed by atoms with Gasteiger partial charge in [0, 0.05) is 0 Å². The number of rotatable bonds is 19. The van der Waals surface area contributed by atoms with Gasteiger partial charge in [0.05, 0.1) is 0 Å². The highest BCUT2D eigenvalue weighted by Gasteiger charge is 2.56. The van der Waals surface area contributed by atoms with Crippen LogP contribution in [0.5, 0.6) is 0 Å². The van der Waals surface area contributed by atoms with Crippen LogP contribution in [0, 0.1) is 0 Å². The fourth-order valence-corrected chi connectivity index (χ4v) is 16.5. The minimum Gasteiger partial charge on any atom is -0.0887 e. The molecular formula is C56H90B2. The van der Waals surface area contributed by atoms with Gasteiger partial charge < -0.3 is 0 Å². The Hall–Kier alpha value is -1.43. The predicted molar refractivity (Wildman–Crippen MR) is 260 cm³/mol. The van der Waals surface area contributed by atoms with E-state index in [1.54, 1.807) is 55.4 Å². The maximum atomic E-state index is 2.86. The zero-order valence-electron chi connectivity index (χ0n) is 41.5. The Kier molecular flexibility index (Phi) is 13.0. The number of hydrogen-bond acceptors (Lipinski definition) is 0. The van der Waals surface area contributed by atoms with Crippen molar-refractivity contribution in [3.63, 3.8) is 0 Å². The Bertz CT molecular complexity index is 1520. The second kappa shape index (κ2) is 16.4. The highest BCUT2D eigenvalue weighted by atomic mass is 14.6. The normalized spacial score (nSPS) is 22.7. The minimum absolute atomic E-state index is 0.173. The van der Waals surface area contributed by atoms with Crippen LogP contribution in [0.15, 0.2) is 12.1 Å². The van der Waals surface area contributed by atoms with E-state index in [0.29, 0.717) is 0 Å². The summed E-state index contributed by atoms with van der Waals surface area (Å²) in [5, 5.41) is 0. The standard InChI is InChI=1S/C56H90B2/c1-17-25-53(26-18-2)35-49(9,10)39-33-40-44(54(27-19-3,28-20-4)36-50(40,11)12)47(43(39)53)57-58-48-45-41(51(13,14)37-55(45,29-21-5)30-22-6)34-42-46(48)56(31-23-7,32-24-8)38-52(42,15)16/h33-34H,17-32,35-38H2,1-16H3. The van der Waals surface area contributed by atoms with E-state index in [-0.39, 0.29) is 43.3 Å². The van der Waals surface area contributed by atoms with E-state index >= 15 is 0 Å². The Balaban J connectivity index is 1.75. The van der Waals surface area contributed by atoms with Crippen molar-refractivity contribution >= 4 is 25.3 Å². The molecule has 58 heavy (non-hydrogen) atoms. The maximum absolute atomic E-state index is 2.86. The average Bonchev–Trinajstić information content (AvgIpc) is 3.67. The third kappa shape index (κ3) is 7.19. The van der Waals surface area contributed by atoms with Crippen LogP contribution >= 0.6 is 0 Å². The summed E-state index contributed by atoms with van der Waals surface area (Å²) < 4.78 is 0. The Morgan fingerprint density at radius 3 is 0.655 bits per heavy atom. The molecule has 0 nitrogen and oxygen atoms in total. The van der Waals surface area contributed by atoms with Crippen LogP contribution in [-0.4, -0.2) is 14.3 Å². The lowest BCUT2D eigenvalue weighted by molar-refractivity contribution is 0.297. The van der Waals surface area contributed by atoms with Gasteiger partial charge >= 0.3 is 0 Å². The molecule has 4 aliphatic rings. The van der Waals surface area contributed by atoms with Gasteiger partial charge in [0.25, 0.3) is 0 Å². The van der Waals surface area contributed by atoms with Gasteiger partial charge in [0.2, 0.25) is 0 Å². The van der Waals surface area contributed by atoms with Crippen LogP contribution in [0.1, 0.15) is 284 Å². The number of fused-ring (bicyclic) bond motifs is 4. The van der Waals surface area contributed by atoms with Gasteiger partial charge in [-0.25, -0.2) is 0 Å². The van der Waals surface area contributed by atoms with E-state index in [1.807, 2.05) is 0 Å². The van der Waals surface area contributed by atoms with E-state index in [1.165, 1.54) is 128 Å². The number of benzene rings is 2. The highest BCUT2D eigenvalue weighted by molar-refractivity contribution is 7.13. The molecule has 320 valence electrons. The van der Waals surface area contributed by atoms with E-state index in [4.69, 9.17) is 0 Å².